The summed E-state index contributed by atoms with van der Waals surface area (Å²) in [4.78, 5) is 25.0. The highest BCUT2D eigenvalue weighted by Crippen LogP contribution is 2.29. The predicted molar refractivity (Wildman–Crippen MR) is 74.2 cm³/mol. The first-order valence-electron chi connectivity index (χ1n) is 6.07. The van der Waals surface area contributed by atoms with E-state index in [2.05, 4.69) is 10.6 Å². The van der Waals surface area contributed by atoms with Crippen molar-refractivity contribution in [2.45, 2.75) is 19.5 Å². The van der Waals surface area contributed by atoms with Gasteiger partial charge in [-0.3, -0.25) is 14.9 Å². The highest BCUT2D eigenvalue weighted by molar-refractivity contribution is 6.31. The molecule has 1 atom stereocenters. The lowest BCUT2D eigenvalue weighted by Gasteiger charge is -2.35. The van der Waals surface area contributed by atoms with Gasteiger partial charge in [-0.05, 0) is 26.1 Å². The number of anilines is 1. The van der Waals surface area contributed by atoms with E-state index in [9.17, 15) is 9.59 Å². The SMILES string of the molecule is CNCc1c(Cl)cccc1N1CC(=O)NC(=O)C1C. The molecule has 19 heavy (non-hydrogen) atoms. The number of carbonyl (C=O) groups is 2. The van der Waals surface area contributed by atoms with E-state index in [0.29, 0.717) is 11.6 Å². The molecule has 1 aromatic rings. The van der Waals surface area contributed by atoms with Crippen molar-refractivity contribution in [2.24, 2.45) is 0 Å². The maximum Gasteiger partial charge on any atom is 0.249 e. The minimum Gasteiger partial charge on any atom is -0.350 e. The molecule has 1 heterocycles. The number of halogens is 1. The molecule has 1 fully saturated rings. The lowest BCUT2D eigenvalue weighted by atomic mass is 10.1. The molecule has 0 saturated carbocycles. The Morgan fingerprint density at radius 2 is 2.21 bits per heavy atom. The van der Waals surface area contributed by atoms with Gasteiger partial charge in [0, 0.05) is 22.8 Å². The Morgan fingerprint density at radius 3 is 2.89 bits per heavy atom. The highest BCUT2D eigenvalue weighted by Gasteiger charge is 2.31. The molecule has 102 valence electrons. The van der Waals surface area contributed by atoms with Crippen molar-refractivity contribution in [1.82, 2.24) is 10.6 Å². The topological polar surface area (TPSA) is 61.4 Å². The van der Waals surface area contributed by atoms with Crippen molar-refractivity contribution in [3.63, 3.8) is 0 Å². The second-order valence-electron chi connectivity index (χ2n) is 4.48. The Hall–Kier alpha value is -1.59. The summed E-state index contributed by atoms with van der Waals surface area (Å²) < 4.78 is 0. The van der Waals surface area contributed by atoms with E-state index in [4.69, 9.17) is 11.6 Å². The van der Waals surface area contributed by atoms with Gasteiger partial charge >= 0.3 is 0 Å². The maximum absolute atomic E-state index is 11.7. The van der Waals surface area contributed by atoms with Crippen LogP contribution in [0, 0.1) is 0 Å². The number of imide groups is 1. The number of rotatable bonds is 3. The third kappa shape index (κ3) is 2.72. The van der Waals surface area contributed by atoms with E-state index in [1.807, 2.05) is 19.2 Å². The van der Waals surface area contributed by atoms with Crippen LogP contribution in [0.15, 0.2) is 18.2 Å². The van der Waals surface area contributed by atoms with E-state index in [1.54, 1.807) is 17.9 Å². The average molecular weight is 282 g/mol. The maximum atomic E-state index is 11.7. The van der Waals surface area contributed by atoms with Crippen LogP contribution in [0.3, 0.4) is 0 Å². The molecular weight excluding hydrogens is 266 g/mol. The Balaban J connectivity index is 2.42. The van der Waals surface area contributed by atoms with Crippen molar-refractivity contribution in [3.05, 3.63) is 28.8 Å². The minimum absolute atomic E-state index is 0.157. The third-order valence-electron chi connectivity index (χ3n) is 3.18. The molecule has 2 N–H and O–H groups in total. The Morgan fingerprint density at radius 1 is 1.47 bits per heavy atom. The second-order valence-corrected chi connectivity index (χ2v) is 4.89. The van der Waals surface area contributed by atoms with Gasteiger partial charge in [0.15, 0.2) is 0 Å². The molecule has 1 aliphatic rings. The third-order valence-corrected chi connectivity index (χ3v) is 3.53. The molecule has 5 nitrogen and oxygen atoms in total. The summed E-state index contributed by atoms with van der Waals surface area (Å²) in [6, 6.07) is 5.10. The molecule has 1 aromatic carbocycles. The van der Waals surface area contributed by atoms with Crippen molar-refractivity contribution >= 4 is 29.1 Å². The lowest BCUT2D eigenvalue weighted by Crippen LogP contribution is -2.57. The predicted octanol–water partition coefficient (Wildman–Crippen LogP) is 0.911. The van der Waals surface area contributed by atoms with Crippen LogP contribution in [0.5, 0.6) is 0 Å². The molecule has 0 bridgehead atoms. The fourth-order valence-electron chi connectivity index (χ4n) is 2.18. The Labute approximate surface area is 116 Å². The molecule has 0 aliphatic carbocycles. The molecule has 6 heteroatoms. The zero-order valence-electron chi connectivity index (χ0n) is 10.9. The van der Waals surface area contributed by atoms with Crippen LogP contribution in [-0.4, -0.2) is 31.4 Å². The van der Waals surface area contributed by atoms with Gasteiger partial charge in [-0.15, -0.1) is 0 Å². The van der Waals surface area contributed by atoms with Gasteiger partial charge < -0.3 is 10.2 Å². The number of carbonyl (C=O) groups excluding carboxylic acids is 2. The normalized spacial score (nSPS) is 19.5. The van der Waals surface area contributed by atoms with E-state index in [0.717, 1.165) is 11.3 Å². The van der Waals surface area contributed by atoms with E-state index >= 15 is 0 Å². The van der Waals surface area contributed by atoms with Gasteiger partial charge in [0.1, 0.15) is 6.04 Å². The van der Waals surface area contributed by atoms with Gasteiger partial charge in [-0.2, -0.15) is 0 Å². The van der Waals surface area contributed by atoms with Crippen LogP contribution < -0.4 is 15.5 Å². The van der Waals surface area contributed by atoms with Crippen LogP contribution >= 0.6 is 11.6 Å². The summed E-state index contributed by atoms with van der Waals surface area (Å²) in [7, 11) is 1.82. The molecular formula is C13H16ClN3O2. The number of piperazine rings is 1. The fraction of sp³-hybridized carbons (Fsp3) is 0.385. The molecule has 2 amide bonds. The first-order valence-corrected chi connectivity index (χ1v) is 6.44. The summed E-state index contributed by atoms with van der Waals surface area (Å²) in [6.07, 6.45) is 0. The standard InChI is InChI=1S/C13H16ClN3O2/c1-8-13(19)16-12(18)7-17(8)11-5-3-4-10(14)9(11)6-15-2/h3-5,8,15H,6-7H2,1-2H3,(H,16,18,19). The quantitative estimate of drug-likeness (QED) is 0.809. The fourth-order valence-corrected chi connectivity index (χ4v) is 2.41. The molecule has 2 rings (SSSR count). The van der Waals surface area contributed by atoms with Gasteiger partial charge in [-0.1, -0.05) is 17.7 Å². The number of amides is 2. The smallest absolute Gasteiger partial charge is 0.249 e. The van der Waals surface area contributed by atoms with Crippen molar-refractivity contribution in [2.75, 3.05) is 18.5 Å². The largest absolute Gasteiger partial charge is 0.350 e. The monoisotopic (exact) mass is 281 g/mol. The van der Waals surface area contributed by atoms with Crippen molar-refractivity contribution < 1.29 is 9.59 Å². The van der Waals surface area contributed by atoms with E-state index in [-0.39, 0.29) is 18.4 Å². The number of benzene rings is 1. The first-order chi connectivity index (χ1) is 9.04. The number of hydrogen-bond acceptors (Lipinski definition) is 4. The summed E-state index contributed by atoms with van der Waals surface area (Å²) in [5.74, 6) is -0.579. The zero-order valence-corrected chi connectivity index (χ0v) is 11.6. The molecule has 1 aliphatic heterocycles. The molecule has 1 unspecified atom stereocenters. The van der Waals surface area contributed by atoms with Crippen molar-refractivity contribution in [1.29, 1.82) is 0 Å². The van der Waals surface area contributed by atoms with Gasteiger partial charge in [0.05, 0.1) is 6.54 Å². The summed E-state index contributed by atoms with van der Waals surface area (Å²) in [5.41, 5.74) is 1.71. The average Bonchev–Trinajstić information content (AvgIpc) is 2.36. The van der Waals surface area contributed by atoms with Crippen LogP contribution in [-0.2, 0) is 16.1 Å². The molecule has 0 aromatic heterocycles. The van der Waals surface area contributed by atoms with Crippen LogP contribution in [0.4, 0.5) is 5.69 Å². The second kappa shape index (κ2) is 5.59. The highest BCUT2D eigenvalue weighted by atomic mass is 35.5. The van der Waals surface area contributed by atoms with E-state index < -0.39 is 6.04 Å². The van der Waals surface area contributed by atoms with Crippen LogP contribution in [0.1, 0.15) is 12.5 Å². The number of nitrogens with zero attached hydrogens (tertiary/aromatic N) is 1. The van der Waals surface area contributed by atoms with Gasteiger partial charge in [0.25, 0.3) is 0 Å². The molecule has 0 radical (unpaired) electrons. The van der Waals surface area contributed by atoms with Gasteiger partial charge in [0.2, 0.25) is 11.8 Å². The number of nitrogens with one attached hydrogen (secondary N) is 2. The van der Waals surface area contributed by atoms with Crippen molar-refractivity contribution in [3.8, 4) is 0 Å². The van der Waals surface area contributed by atoms with Gasteiger partial charge in [-0.25, -0.2) is 0 Å². The summed E-state index contributed by atoms with van der Waals surface area (Å²) in [5, 5.41) is 5.99. The molecule has 0 spiro atoms. The van der Waals surface area contributed by atoms with E-state index in [1.165, 1.54) is 0 Å². The summed E-state index contributed by atoms with van der Waals surface area (Å²) in [6.45, 7) is 2.50. The van der Waals surface area contributed by atoms with Crippen LogP contribution in [0.2, 0.25) is 5.02 Å². The Kier molecular flexibility index (Phi) is 4.07. The first kappa shape index (κ1) is 13.8. The van der Waals surface area contributed by atoms with Crippen LogP contribution in [0.25, 0.3) is 0 Å². The molecule has 1 saturated heterocycles. The minimum atomic E-state index is -0.397. The summed E-state index contributed by atoms with van der Waals surface area (Å²) >= 11 is 6.20. The Bertz CT molecular complexity index is 519. The zero-order chi connectivity index (χ0) is 14.0. The number of hydrogen-bond donors (Lipinski definition) is 2. The lowest BCUT2D eigenvalue weighted by molar-refractivity contribution is -0.132.